The summed E-state index contributed by atoms with van der Waals surface area (Å²) in [4.78, 5) is 14.2. The van der Waals surface area contributed by atoms with Crippen molar-refractivity contribution < 1.29 is 14.3 Å². The van der Waals surface area contributed by atoms with Crippen LogP contribution in [-0.2, 0) is 11.8 Å². The second-order valence-electron chi connectivity index (χ2n) is 10.3. The van der Waals surface area contributed by atoms with Gasteiger partial charge in [-0.25, -0.2) is 9.31 Å². The van der Waals surface area contributed by atoms with Crippen molar-refractivity contribution in [2.24, 2.45) is 7.05 Å². The Hall–Kier alpha value is -4.15. The van der Waals surface area contributed by atoms with Crippen molar-refractivity contribution in [1.29, 1.82) is 0 Å². The first kappa shape index (κ1) is 24.5. The molecular weight excluding hydrogens is 472 g/mol. The molecule has 0 spiro atoms. The number of aryl methyl sites for hydroxylation is 3. The van der Waals surface area contributed by atoms with Crippen LogP contribution in [0.1, 0.15) is 38.4 Å². The molecule has 11 heteroatoms. The minimum Gasteiger partial charge on any atom is -0.487 e. The average molecular weight is 505 g/mol. The van der Waals surface area contributed by atoms with E-state index in [1.807, 2.05) is 72.1 Å². The molecule has 1 aliphatic rings. The topological polar surface area (TPSA) is 112 Å². The van der Waals surface area contributed by atoms with Crippen molar-refractivity contribution in [3.63, 3.8) is 0 Å². The molecule has 1 fully saturated rings. The van der Waals surface area contributed by atoms with Crippen molar-refractivity contribution in [3.05, 3.63) is 47.9 Å². The monoisotopic (exact) mass is 504 g/mol. The maximum Gasteiger partial charge on any atom is 0.410 e. The molecule has 1 N–H and O–H groups in total. The van der Waals surface area contributed by atoms with E-state index in [1.165, 1.54) is 0 Å². The molecule has 1 saturated heterocycles. The predicted molar refractivity (Wildman–Crippen MR) is 139 cm³/mol. The van der Waals surface area contributed by atoms with Crippen LogP contribution in [0.3, 0.4) is 0 Å². The molecule has 37 heavy (non-hydrogen) atoms. The lowest BCUT2D eigenvalue weighted by atomic mass is 10.1. The highest BCUT2D eigenvalue weighted by atomic mass is 16.6. The van der Waals surface area contributed by atoms with Crippen molar-refractivity contribution in [3.8, 4) is 17.0 Å². The van der Waals surface area contributed by atoms with Crippen LogP contribution >= 0.6 is 0 Å². The quantitative estimate of drug-likeness (QED) is 0.414. The van der Waals surface area contributed by atoms with E-state index in [2.05, 4.69) is 25.7 Å². The Balaban J connectivity index is 1.31. The molecule has 5 heterocycles. The summed E-state index contributed by atoms with van der Waals surface area (Å²) in [7, 11) is 1.88. The summed E-state index contributed by atoms with van der Waals surface area (Å²) >= 11 is 0. The number of hydrogen-bond donors (Lipinski definition) is 1. The van der Waals surface area contributed by atoms with Crippen LogP contribution in [-0.4, -0.2) is 65.4 Å². The fourth-order valence-corrected chi connectivity index (χ4v) is 4.15. The van der Waals surface area contributed by atoms with Gasteiger partial charge < -0.3 is 19.7 Å². The second-order valence-corrected chi connectivity index (χ2v) is 10.3. The molecule has 4 aromatic heterocycles. The highest BCUT2D eigenvalue weighted by molar-refractivity contribution is 5.73. The first-order valence-corrected chi connectivity index (χ1v) is 12.3. The van der Waals surface area contributed by atoms with E-state index in [9.17, 15) is 4.79 Å². The number of carbonyl (C=O) groups excluding carboxylic acids is 1. The largest absolute Gasteiger partial charge is 0.487 e. The van der Waals surface area contributed by atoms with Gasteiger partial charge in [-0.3, -0.25) is 4.68 Å². The number of likely N-dealkylation sites (tertiary alicyclic amines) is 1. The molecular formula is C26H32N8O3. The van der Waals surface area contributed by atoms with Gasteiger partial charge in [-0.05, 0) is 64.8 Å². The Bertz CT molecular complexity index is 1450. The number of hydrogen-bond acceptors (Lipinski definition) is 8. The summed E-state index contributed by atoms with van der Waals surface area (Å²) in [6, 6.07) is 7.87. The van der Waals surface area contributed by atoms with E-state index in [-0.39, 0.29) is 12.1 Å². The average Bonchev–Trinajstić information content (AvgIpc) is 3.36. The Morgan fingerprint density at radius 3 is 2.68 bits per heavy atom. The van der Waals surface area contributed by atoms with Crippen LogP contribution in [0, 0.1) is 13.8 Å². The van der Waals surface area contributed by atoms with Crippen LogP contribution in [0.5, 0.6) is 5.75 Å². The molecule has 0 bridgehead atoms. The number of pyridine rings is 1. The lowest BCUT2D eigenvalue weighted by molar-refractivity contribution is -0.0141. The summed E-state index contributed by atoms with van der Waals surface area (Å²) < 4.78 is 15.2. The third kappa shape index (κ3) is 5.20. The molecule has 4 aromatic rings. The van der Waals surface area contributed by atoms with Crippen LogP contribution < -0.4 is 10.1 Å². The van der Waals surface area contributed by atoms with E-state index in [4.69, 9.17) is 9.47 Å². The molecule has 0 aromatic carbocycles. The van der Waals surface area contributed by atoms with Crippen LogP contribution in [0.2, 0.25) is 0 Å². The van der Waals surface area contributed by atoms with Gasteiger partial charge in [0.15, 0.2) is 17.4 Å². The number of ether oxygens (including phenoxy) is 2. The molecule has 1 amide bonds. The Labute approximate surface area is 215 Å². The van der Waals surface area contributed by atoms with Gasteiger partial charge in [-0.2, -0.15) is 15.3 Å². The molecule has 0 radical (unpaired) electrons. The predicted octanol–water partition coefficient (Wildman–Crippen LogP) is 4.27. The fourth-order valence-electron chi connectivity index (χ4n) is 4.15. The Morgan fingerprint density at radius 2 is 1.97 bits per heavy atom. The number of fused-ring (bicyclic) bond motifs is 1. The van der Waals surface area contributed by atoms with Crippen molar-refractivity contribution in [1.82, 2.24) is 34.5 Å². The molecule has 194 valence electrons. The van der Waals surface area contributed by atoms with Gasteiger partial charge in [0.25, 0.3) is 0 Å². The van der Waals surface area contributed by atoms with Crippen LogP contribution in [0.15, 0.2) is 36.7 Å². The minimum absolute atomic E-state index is 0.0256. The van der Waals surface area contributed by atoms with Gasteiger partial charge in [0, 0.05) is 31.4 Å². The number of carbonyl (C=O) groups is 1. The highest BCUT2D eigenvalue weighted by Crippen LogP contribution is 2.32. The van der Waals surface area contributed by atoms with Gasteiger partial charge in [-0.1, -0.05) is 0 Å². The van der Waals surface area contributed by atoms with Gasteiger partial charge in [0.05, 0.1) is 23.4 Å². The number of rotatable bonds is 6. The van der Waals surface area contributed by atoms with Crippen molar-refractivity contribution in [2.75, 3.05) is 18.5 Å². The summed E-state index contributed by atoms with van der Waals surface area (Å²) in [6.07, 6.45) is 4.17. The molecule has 1 aliphatic heterocycles. The zero-order chi connectivity index (χ0) is 26.3. The lowest BCUT2D eigenvalue weighted by Gasteiger charge is -2.40. The lowest BCUT2D eigenvalue weighted by Crippen LogP contribution is -2.55. The minimum atomic E-state index is -0.525. The van der Waals surface area contributed by atoms with Gasteiger partial charge in [0.2, 0.25) is 0 Å². The molecule has 0 unspecified atom stereocenters. The van der Waals surface area contributed by atoms with Crippen LogP contribution in [0.25, 0.3) is 16.8 Å². The maximum atomic E-state index is 12.4. The van der Waals surface area contributed by atoms with E-state index >= 15 is 0 Å². The van der Waals surface area contributed by atoms with Crippen LogP contribution in [0.4, 0.5) is 16.4 Å². The summed E-state index contributed by atoms with van der Waals surface area (Å²) in [5, 5.41) is 20.6. The number of anilines is 2. The summed E-state index contributed by atoms with van der Waals surface area (Å²) in [6.45, 7) is 10.6. The van der Waals surface area contributed by atoms with Gasteiger partial charge in [0.1, 0.15) is 17.9 Å². The summed E-state index contributed by atoms with van der Waals surface area (Å²) in [5.41, 5.74) is 4.12. The first-order valence-electron chi connectivity index (χ1n) is 12.3. The highest BCUT2D eigenvalue weighted by Gasteiger charge is 2.36. The van der Waals surface area contributed by atoms with Crippen molar-refractivity contribution in [2.45, 2.75) is 52.7 Å². The first-order chi connectivity index (χ1) is 17.6. The normalized spacial score (nSPS) is 15.5. The van der Waals surface area contributed by atoms with E-state index < -0.39 is 5.60 Å². The third-order valence-corrected chi connectivity index (χ3v) is 6.33. The van der Waals surface area contributed by atoms with Gasteiger partial charge in [-0.15, -0.1) is 5.10 Å². The van der Waals surface area contributed by atoms with E-state index in [0.717, 1.165) is 34.5 Å². The van der Waals surface area contributed by atoms with Crippen molar-refractivity contribution >= 4 is 23.2 Å². The zero-order valence-corrected chi connectivity index (χ0v) is 22.0. The summed E-state index contributed by atoms with van der Waals surface area (Å²) in [5.74, 6) is 1.97. The standard InChI is InChI=1S/C26H32N8O3/c1-16-11-22(30-29-17(16)2)28-23-13-20-12-18(7-10-34(20)31-23)24-21(14-27-32(24)6)36-15-19-8-9-33(19)25(35)37-26(3,4)5/h7,10-14,19H,8-9,15H2,1-6H3,(H,28,30,31)/t19-/m1/s1. The smallest absolute Gasteiger partial charge is 0.410 e. The molecule has 5 rings (SSSR count). The van der Waals surface area contributed by atoms with E-state index in [0.29, 0.717) is 30.5 Å². The number of aromatic nitrogens is 6. The number of amides is 1. The number of nitrogens with one attached hydrogen (secondary N) is 1. The van der Waals surface area contributed by atoms with E-state index in [1.54, 1.807) is 20.3 Å². The third-order valence-electron chi connectivity index (χ3n) is 6.33. The number of nitrogens with zero attached hydrogens (tertiary/aromatic N) is 7. The van der Waals surface area contributed by atoms with Gasteiger partial charge >= 0.3 is 6.09 Å². The SMILES string of the molecule is Cc1cc(Nc2cc3cc(-c4c(OC[C@H]5CCN5C(=O)OC(C)(C)C)cnn4C)ccn3n2)nnc1C. The fraction of sp³-hybridized carbons (Fsp3) is 0.423. The zero-order valence-electron chi connectivity index (χ0n) is 22.0. The molecule has 0 aliphatic carbocycles. The Kier molecular flexibility index (Phi) is 6.22. The Morgan fingerprint density at radius 1 is 1.16 bits per heavy atom. The molecule has 1 atom stereocenters. The second kappa shape index (κ2) is 9.38. The molecule has 0 saturated carbocycles. The molecule has 11 nitrogen and oxygen atoms in total. The maximum absolute atomic E-state index is 12.4.